The third kappa shape index (κ3) is 7.47. The summed E-state index contributed by atoms with van der Waals surface area (Å²) in [5, 5.41) is 21.3. The monoisotopic (exact) mass is 613 g/mol. The smallest absolute Gasteiger partial charge is 0.309 e. The number of benzene rings is 3. The van der Waals surface area contributed by atoms with E-state index in [1.54, 1.807) is 66.7 Å². The van der Waals surface area contributed by atoms with Gasteiger partial charge in [-0.1, -0.05) is 48.0 Å². The number of nitrogens with zero attached hydrogens (tertiary/aromatic N) is 5. The summed E-state index contributed by atoms with van der Waals surface area (Å²) in [6.45, 7) is 0. The first-order chi connectivity index (χ1) is 21.3. The maximum Gasteiger partial charge on any atom is 0.309 e. The summed E-state index contributed by atoms with van der Waals surface area (Å²) in [7, 11) is 1.32. The lowest BCUT2D eigenvalue weighted by atomic mass is 9.99. The molecule has 2 N–H and O–H groups in total. The van der Waals surface area contributed by atoms with Crippen LogP contribution < -0.4 is 10.9 Å². The van der Waals surface area contributed by atoms with E-state index in [-0.39, 0.29) is 18.8 Å². The number of carbonyl (C=O) groups excluding carboxylic acids is 2. The summed E-state index contributed by atoms with van der Waals surface area (Å²) in [6, 6.07) is 18.7. The fraction of sp³-hybridized carbons (Fsp3) is 0.129. The lowest BCUT2D eigenvalue weighted by Crippen LogP contribution is -2.30. The maximum absolute atomic E-state index is 13.6. The van der Waals surface area contributed by atoms with Gasteiger partial charge >= 0.3 is 5.97 Å². The number of tetrazole rings is 1. The molecule has 0 aliphatic heterocycles. The van der Waals surface area contributed by atoms with Gasteiger partial charge in [0.05, 0.1) is 36.5 Å². The molecule has 0 saturated heterocycles. The Labute approximate surface area is 255 Å². The van der Waals surface area contributed by atoms with Crippen molar-refractivity contribution in [3.63, 3.8) is 0 Å². The molecule has 11 nitrogen and oxygen atoms in total. The van der Waals surface area contributed by atoms with E-state index in [1.807, 2.05) is 0 Å². The standard InChI is InChI=1S/C31H25ClFN7O4/c1-44-30(42)15-20-2-6-21(7-3-20)25-17-27(36-37-31(25)43)26(14-19-4-10-24(33)11-5-19)35-29(41)13-8-22-16-23(32)9-12-28(22)40-18-34-38-39-40/h2-13,16-18,26H,14-15H2,1H3,(H,35,41)(H,37,43)/b13-8+/t26-/m0/s1. The van der Waals surface area contributed by atoms with Gasteiger partial charge in [-0.05, 0) is 76.0 Å². The first-order valence-corrected chi connectivity index (χ1v) is 13.7. The van der Waals surface area contributed by atoms with Crippen molar-refractivity contribution in [1.82, 2.24) is 35.7 Å². The van der Waals surface area contributed by atoms with Crippen LogP contribution in [0.3, 0.4) is 0 Å². The highest BCUT2D eigenvalue weighted by atomic mass is 35.5. The Balaban J connectivity index is 1.43. The van der Waals surface area contributed by atoms with Crippen molar-refractivity contribution in [2.75, 3.05) is 7.11 Å². The topological polar surface area (TPSA) is 145 Å². The Hall–Kier alpha value is -5.49. The first kappa shape index (κ1) is 30.0. The van der Waals surface area contributed by atoms with Crippen molar-refractivity contribution in [3.8, 4) is 16.8 Å². The Kier molecular flexibility index (Phi) is 9.31. The van der Waals surface area contributed by atoms with Crippen molar-refractivity contribution >= 4 is 29.6 Å². The molecule has 0 unspecified atom stereocenters. The number of esters is 1. The van der Waals surface area contributed by atoms with E-state index in [4.69, 9.17) is 16.3 Å². The molecule has 5 rings (SSSR count). The van der Waals surface area contributed by atoms with Gasteiger partial charge in [-0.15, -0.1) is 5.10 Å². The predicted octanol–water partition coefficient (Wildman–Crippen LogP) is 4.03. The van der Waals surface area contributed by atoms with Crippen LogP contribution in [-0.4, -0.2) is 49.4 Å². The number of halogens is 2. The summed E-state index contributed by atoms with van der Waals surface area (Å²) < 4.78 is 19.8. The Morgan fingerprint density at radius 3 is 2.52 bits per heavy atom. The van der Waals surface area contributed by atoms with Crippen LogP contribution in [0.25, 0.3) is 22.9 Å². The number of methoxy groups -OCH3 is 1. The van der Waals surface area contributed by atoms with Crippen molar-refractivity contribution in [2.45, 2.75) is 18.9 Å². The number of ether oxygens (including phenoxy) is 1. The van der Waals surface area contributed by atoms with Gasteiger partial charge in [-0.3, -0.25) is 14.4 Å². The van der Waals surface area contributed by atoms with Gasteiger partial charge in [0.1, 0.15) is 12.1 Å². The molecule has 1 amide bonds. The molecule has 0 bridgehead atoms. The highest BCUT2D eigenvalue weighted by Gasteiger charge is 2.19. The lowest BCUT2D eigenvalue weighted by molar-refractivity contribution is -0.139. The number of nitrogens with one attached hydrogen (secondary N) is 2. The van der Waals surface area contributed by atoms with E-state index < -0.39 is 23.3 Å². The molecular weight excluding hydrogens is 589 g/mol. The summed E-state index contributed by atoms with van der Waals surface area (Å²) in [6.07, 6.45) is 4.69. The molecule has 0 spiro atoms. The molecule has 222 valence electrons. The minimum Gasteiger partial charge on any atom is -0.469 e. The molecule has 13 heteroatoms. The first-order valence-electron chi connectivity index (χ1n) is 13.3. The molecule has 0 aliphatic rings. The van der Waals surface area contributed by atoms with Crippen LogP contribution in [0.4, 0.5) is 4.39 Å². The number of aromatic amines is 1. The highest BCUT2D eigenvalue weighted by Crippen LogP contribution is 2.23. The van der Waals surface area contributed by atoms with E-state index in [2.05, 4.69) is 31.0 Å². The largest absolute Gasteiger partial charge is 0.469 e. The molecule has 44 heavy (non-hydrogen) atoms. The summed E-state index contributed by atoms with van der Waals surface area (Å²) >= 11 is 6.19. The van der Waals surface area contributed by atoms with E-state index in [0.717, 1.165) is 11.1 Å². The maximum atomic E-state index is 13.6. The van der Waals surface area contributed by atoms with Gasteiger partial charge in [0.2, 0.25) is 5.91 Å². The van der Waals surface area contributed by atoms with Gasteiger partial charge in [0.15, 0.2) is 0 Å². The molecule has 5 aromatic rings. The summed E-state index contributed by atoms with van der Waals surface area (Å²) in [5.74, 6) is -1.23. The third-order valence-corrected chi connectivity index (χ3v) is 6.93. The molecule has 0 radical (unpaired) electrons. The number of rotatable bonds is 10. The number of hydrogen-bond donors (Lipinski definition) is 2. The number of aromatic nitrogens is 6. The minimum absolute atomic E-state index is 0.0976. The van der Waals surface area contributed by atoms with Crippen molar-refractivity contribution in [1.29, 1.82) is 0 Å². The number of H-pyrrole nitrogens is 1. The van der Waals surface area contributed by atoms with Crippen LogP contribution in [0.2, 0.25) is 5.02 Å². The average Bonchev–Trinajstić information content (AvgIpc) is 3.56. The normalized spacial score (nSPS) is 11.8. The lowest BCUT2D eigenvalue weighted by Gasteiger charge is -2.18. The second kappa shape index (κ2) is 13.7. The Bertz CT molecular complexity index is 1860. The minimum atomic E-state index is -0.704. The van der Waals surface area contributed by atoms with Gasteiger partial charge in [-0.25, -0.2) is 9.49 Å². The Morgan fingerprint density at radius 2 is 1.82 bits per heavy atom. The highest BCUT2D eigenvalue weighted by molar-refractivity contribution is 6.30. The van der Waals surface area contributed by atoms with Gasteiger partial charge in [-0.2, -0.15) is 9.78 Å². The van der Waals surface area contributed by atoms with Crippen molar-refractivity contribution in [2.24, 2.45) is 0 Å². The second-order valence-corrected chi connectivity index (χ2v) is 10.1. The zero-order valence-electron chi connectivity index (χ0n) is 23.3. The number of hydrogen-bond acceptors (Lipinski definition) is 8. The van der Waals surface area contributed by atoms with E-state index in [1.165, 1.54) is 36.3 Å². The van der Waals surface area contributed by atoms with E-state index in [0.29, 0.717) is 33.1 Å². The van der Waals surface area contributed by atoms with Gasteiger partial charge in [0, 0.05) is 16.7 Å². The average molecular weight is 614 g/mol. The fourth-order valence-corrected chi connectivity index (χ4v) is 4.65. The molecule has 3 aromatic carbocycles. The predicted molar refractivity (Wildman–Crippen MR) is 160 cm³/mol. The zero-order valence-corrected chi connectivity index (χ0v) is 24.0. The molecule has 0 fully saturated rings. The molecule has 0 saturated carbocycles. The zero-order chi connectivity index (χ0) is 31.1. The number of amides is 1. The molecule has 2 heterocycles. The fourth-order valence-electron chi connectivity index (χ4n) is 4.47. The van der Waals surface area contributed by atoms with Gasteiger partial charge in [0.25, 0.3) is 5.56 Å². The van der Waals surface area contributed by atoms with Crippen LogP contribution in [0.15, 0.2) is 90.0 Å². The van der Waals surface area contributed by atoms with Crippen LogP contribution in [0, 0.1) is 5.82 Å². The molecule has 2 aromatic heterocycles. The third-order valence-electron chi connectivity index (χ3n) is 6.69. The quantitative estimate of drug-likeness (QED) is 0.177. The number of carbonyl (C=O) groups is 2. The van der Waals surface area contributed by atoms with Crippen LogP contribution in [-0.2, 0) is 27.2 Å². The van der Waals surface area contributed by atoms with E-state index in [9.17, 15) is 18.8 Å². The van der Waals surface area contributed by atoms with Gasteiger partial charge < -0.3 is 10.1 Å². The molecular formula is C31H25ClFN7O4. The van der Waals surface area contributed by atoms with Crippen LogP contribution >= 0.6 is 11.6 Å². The molecule has 1 atom stereocenters. The summed E-state index contributed by atoms with van der Waals surface area (Å²) in [4.78, 5) is 37.6. The van der Waals surface area contributed by atoms with Crippen LogP contribution in [0.5, 0.6) is 0 Å². The Morgan fingerprint density at radius 1 is 1.07 bits per heavy atom. The second-order valence-electron chi connectivity index (χ2n) is 9.67. The summed E-state index contributed by atoms with van der Waals surface area (Å²) in [5.41, 5.74) is 3.51. The van der Waals surface area contributed by atoms with E-state index >= 15 is 0 Å². The van der Waals surface area contributed by atoms with Crippen molar-refractivity contribution < 1.29 is 18.7 Å². The van der Waals surface area contributed by atoms with Crippen LogP contribution in [0.1, 0.15) is 28.4 Å². The van der Waals surface area contributed by atoms with Crippen molar-refractivity contribution in [3.05, 3.63) is 129 Å². The SMILES string of the molecule is COC(=O)Cc1ccc(-c2cc([C@H](Cc3ccc(F)cc3)NC(=O)/C=C/c3cc(Cl)ccc3-n3cnnn3)n[nH]c2=O)cc1. The molecule has 0 aliphatic carbocycles.